The van der Waals surface area contributed by atoms with Crippen LogP contribution in [0.25, 0.3) is 0 Å². The number of carbonyl (C=O) groups is 1. The SMILES string of the molecule is Cc1ccc(C(=O)Nc2c(N)cccc2F)s1. The zero-order chi connectivity index (χ0) is 12.4. The summed E-state index contributed by atoms with van der Waals surface area (Å²) in [6, 6.07) is 7.83. The van der Waals surface area contributed by atoms with Crippen molar-refractivity contribution in [3.05, 3.63) is 45.9 Å². The summed E-state index contributed by atoms with van der Waals surface area (Å²) in [5.41, 5.74) is 5.85. The molecule has 0 bridgehead atoms. The smallest absolute Gasteiger partial charge is 0.265 e. The Kier molecular flexibility index (Phi) is 3.10. The summed E-state index contributed by atoms with van der Waals surface area (Å²) in [7, 11) is 0. The van der Waals surface area contributed by atoms with Crippen LogP contribution < -0.4 is 11.1 Å². The predicted molar refractivity (Wildman–Crippen MR) is 67.8 cm³/mol. The standard InChI is InChI=1S/C12H11FN2OS/c1-7-5-6-10(17-7)12(16)15-11-8(13)3-2-4-9(11)14/h2-6H,14H2,1H3,(H,15,16). The quantitative estimate of drug-likeness (QED) is 0.805. The van der Waals surface area contributed by atoms with E-state index in [1.165, 1.54) is 23.5 Å². The van der Waals surface area contributed by atoms with Crippen molar-refractivity contribution in [1.82, 2.24) is 0 Å². The van der Waals surface area contributed by atoms with Crippen molar-refractivity contribution in [3.63, 3.8) is 0 Å². The van der Waals surface area contributed by atoms with Crippen LogP contribution in [0, 0.1) is 12.7 Å². The molecule has 1 amide bonds. The second kappa shape index (κ2) is 4.55. The number of nitrogens with two attached hydrogens (primary N) is 1. The Balaban J connectivity index is 2.24. The number of rotatable bonds is 2. The Morgan fingerprint density at radius 3 is 2.71 bits per heavy atom. The molecule has 1 aromatic carbocycles. The van der Waals surface area contributed by atoms with Crippen LogP contribution in [0.1, 0.15) is 14.5 Å². The van der Waals surface area contributed by atoms with Crippen LogP contribution in [0.5, 0.6) is 0 Å². The van der Waals surface area contributed by atoms with Crippen molar-refractivity contribution in [2.75, 3.05) is 11.1 Å². The van der Waals surface area contributed by atoms with Gasteiger partial charge in [-0.15, -0.1) is 11.3 Å². The van der Waals surface area contributed by atoms with Crippen molar-refractivity contribution in [2.45, 2.75) is 6.92 Å². The van der Waals surface area contributed by atoms with Gasteiger partial charge < -0.3 is 11.1 Å². The molecule has 0 fully saturated rings. The van der Waals surface area contributed by atoms with Crippen LogP contribution in [0.15, 0.2) is 30.3 Å². The molecule has 0 unspecified atom stereocenters. The summed E-state index contributed by atoms with van der Waals surface area (Å²) in [6.07, 6.45) is 0. The molecule has 0 aliphatic heterocycles. The Hall–Kier alpha value is -1.88. The molecule has 0 saturated carbocycles. The molecule has 0 aliphatic rings. The van der Waals surface area contributed by atoms with Crippen molar-refractivity contribution in [1.29, 1.82) is 0 Å². The topological polar surface area (TPSA) is 55.1 Å². The summed E-state index contributed by atoms with van der Waals surface area (Å²) in [5, 5.41) is 2.48. The minimum Gasteiger partial charge on any atom is -0.397 e. The first-order valence-electron chi connectivity index (χ1n) is 4.99. The second-order valence-corrected chi connectivity index (χ2v) is 4.86. The summed E-state index contributed by atoms with van der Waals surface area (Å²) in [5.74, 6) is -0.883. The zero-order valence-corrected chi connectivity index (χ0v) is 9.98. The maximum absolute atomic E-state index is 13.4. The van der Waals surface area contributed by atoms with E-state index in [0.717, 1.165) is 4.88 Å². The van der Waals surface area contributed by atoms with Gasteiger partial charge in [0, 0.05) is 4.88 Å². The van der Waals surface area contributed by atoms with Gasteiger partial charge >= 0.3 is 0 Å². The minimum atomic E-state index is -0.536. The molecule has 0 aliphatic carbocycles. The van der Waals surface area contributed by atoms with E-state index in [1.807, 2.05) is 13.0 Å². The highest BCUT2D eigenvalue weighted by Crippen LogP contribution is 2.24. The van der Waals surface area contributed by atoms with Gasteiger partial charge in [-0.05, 0) is 31.2 Å². The summed E-state index contributed by atoms with van der Waals surface area (Å²) in [4.78, 5) is 13.4. The molecule has 3 N–H and O–H groups in total. The molecule has 0 saturated heterocycles. The normalized spacial score (nSPS) is 10.2. The van der Waals surface area contributed by atoms with Crippen molar-refractivity contribution < 1.29 is 9.18 Å². The summed E-state index contributed by atoms with van der Waals surface area (Å²) < 4.78 is 13.4. The Morgan fingerprint density at radius 2 is 2.12 bits per heavy atom. The minimum absolute atomic E-state index is 0.0311. The Morgan fingerprint density at radius 1 is 1.35 bits per heavy atom. The monoisotopic (exact) mass is 250 g/mol. The number of benzene rings is 1. The molecule has 0 atom stereocenters. The summed E-state index contributed by atoms with van der Waals surface area (Å²) >= 11 is 1.35. The van der Waals surface area contributed by atoms with Crippen molar-refractivity contribution >= 4 is 28.6 Å². The van der Waals surface area contributed by atoms with Crippen LogP contribution in [0.4, 0.5) is 15.8 Å². The van der Waals surface area contributed by atoms with E-state index < -0.39 is 5.82 Å². The molecule has 88 valence electrons. The predicted octanol–water partition coefficient (Wildman–Crippen LogP) is 3.03. The average Bonchev–Trinajstić information content (AvgIpc) is 2.70. The zero-order valence-electron chi connectivity index (χ0n) is 9.16. The number of amides is 1. The van der Waals surface area contributed by atoms with Gasteiger partial charge in [0.1, 0.15) is 11.5 Å². The number of carbonyl (C=O) groups excluding carboxylic acids is 1. The fourth-order valence-electron chi connectivity index (χ4n) is 1.40. The first-order chi connectivity index (χ1) is 8.08. The maximum atomic E-state index is 13.4. The first kappa shape index (κ1) is 11.6. The number of halogens is 1. The van der Waals surface area contributed by atoms with Crippen LogP contribution >= 0.6 is 11.3 Å². The van der Waals surface area contributed by atoms with Gasteiger partial charge in [-0.1, -0.05) is 6.07 Å². The Bertz CT molecular complexity index is 545. The molecule has 0 spiro atoms. The van der Waals surface area contributed by atoms with Gasteiger partial charge in [-0.2, -0.15) is 0 Å². The number of anilines is 2. The molecular weight excluding hydrogens is 239 g/mol. The van der Waals surface area contributed by atoms with Crippen LogP contribution in [0.2, 0.25) is 0 Å². The lowest BCUT2D eigenvalue weighted by molar-refractivity contribution is 0.103. The maximum Gasteiger partial charge on any atom is 0.265 e. The molecule has 0 radical (unpaired) electrons. The average molecular weight is 250 g/mol. The molecule has 5 heteroatoms. The highest BCUT2D eigenvalue weighted by Gasteiger charge is 2.12. The number of aryl methyl sites for hydroxylation is 1. The van der Waals surface area contributed by atoms with E-state index in [-0.39, 0.29) is 17.3 Å². The van der Waals surface area contributed by atoms with Crippen LogP contribution in [-0.2, 0) is 0 Å². The van der Waals surface area contributed by atoms with E-state index in [0.29, 0.717) is 4.88 Å². The number of thiophene rings is 1. The molecule has 1 aromatic heterocycles. The van der Waals surface area contributed by atoms with Gasteiger partial charge in [0.05, 0.1) is 10.6 Å². The van der Waals surface area contributed by atoms with E-state index in [4.69, 9.17) is 5.73 Å². The third-order valence-electron chi connectivity index (χ3n) is 2.25. The highest BCUT2D eigenvalue weighted by molar-refractivity contribution is 7.14. The fraction of sp³-hybridized carbons (Fsp3) is 0.0833. The molecular formula is C12H11FN2OS. The number of hydrogen-bond donors (Lipinski definition) is 2. The van der Waals surface area contributed by atoms with Gasteiger partial charge in [0.15, 0.2) is 0 Å². The number of para-hydroxylation sites is 1. The largest absolute Gasteiger partial charge is 0.397 e. The van der Waals surface area contributed by atoms with Crippen molar-refractivity contribution in [2.24, 2.45) is 0 Å². The van der Waals surface area contributed by atoms with E-state index in [9.17, 15) is 9.18 Å². The fourth-order valence-corrected chi connectivity index (χ4v) is 2.17. The van der Waals surface area contributed by atoms with Gasteiger partial charge in [-0.3, -0.25) is 4.79 Å². The third-order valence-corrected chi connectivity index (χ3v) is 3.25. The van der Waals surface area contributed by atoms with Crippen LogP contribution in [-0.4, -0.2) is 5.91 Å². The molecule has 17 heavy (non-hydrogen) atoms. The molecule has 2 aromatic rings. The van der Waals surface area contributed by atoms with Gasteiger partial charge in [0.25, 0.3) is 5.91 Å². The van der Waals surface area contributed by atoms with Crippen LogP contribution in [0.3, 0.4) is 0 Å². The Labute approximate surface area is 102 Å². The number of nitrogen functional groups attached to an aromatic ring is 1. The lowest BCUT2D eigenvalue weighted by Gasteiger charge is -2.07. The molecule has 2 rings (SSSR count). The molecule has 1 heterocycles. The van der Waals surface area contributed by atoms with Gasteiger partial charge in [0.2, 0.25) is 0 Å². The highest BCUT2D eigenvalue weighted by atomic mass is 32.1. The third kappa shape index (κ3) is 2.45. The lowest BCUT2D eigenvalue weighted by Crippen LogP contribution is -2.13. The molecule has 3 nitrogen and oxygen atoms in total. The number of hydrogen-bond acceptors (Lipinski definition) is 3. The lowest BCUT2D eigenvalue weighted by atomic mass is 10.2. The first-order valence-corrected chi connectivity index (χ1v) is 5.81. The van der Waals surface area contributed by atoms with E-state index in [1.54, 1.807) is 12.1 Å². The van der Waals surface area contributed by atoms with E-state index in [2.05, 4.69) is 5.32 Å². The second-order valence-electron chi connectivity index (χ2n) is 3.57. The van der Waals surface area contributed by atoms with Crippen molar-refractivity contribution in [3.8, 4) is 0 Å². The summed E-state index contributed by atoms with van der Waals surface area (Å²) in [6.45, 7) is 1.90. The van der Waals surface area contributed by atoms with E-state index >= 15 is 0 Å². The van der Waals surface area contributed by atoms with Gasteiger partial charge in [-0.25, -0.2) is 4.39 Å². The number of nitrogens with one attached hydrogen (secondary N) is 1.